The van der Waals surface area contributed by atoms with Crippen LogP contribution in [-0.4, -0.2) is 50.8 Å². The van der Waals surface area contributed by atoms with E-state index in [1.54, 1.807) is 6.92 Å². The number of aryl methyl sites for hydroxylation is 1. The van der Waals surface area contributed by atoms with E-state index >= 15 is 0 Å². The van der Waals surface area contributed by atoms with Gasteiger partial charge < -0.3 is 15.2 Å². The second kappa shape index (κ2) is 7.38. The van der Waals surface area contributed by atoms with E-state index < -0.39 is 21.1 Å². The molecular formula is C8H14ClN3O6S. The molecule has 0 aromatic carbocycles. The summed E-state index contributed by atoms with van der Waals surface area (Å²) in [4.78, 5) is 13.8. The Morgan fingerprint density at radius 1 is 1.63 bits per heavy atom. The van der Waals surface area contributed by atoms with Gasteiger partial charge in [0.2, 0.25) is 0 Å². The molecule has 1 aromatic rings. The Balaban J connectivity index is 0.000000555. The highest BCUT2D eigenvalue weighted by atomic mass is 35.5. The standard InChI is InChI=1S/C7H10ClN3O3.CH4O3S/c1-5-9-3-7(11(13)14)10(5)4-6(12)2-8;1-5(2,3)4/h3,6,12H,2,4H2,1H3;1H3,(H,2,3,4). The van der Waals surface area contributed by atoms with E-state index in [9.17, 15) is 23.6 Å². The molecule has 0 radical (unpaired) electrons. The van der Waals surface area contributed by atoms with Crippen molar-refractivity contribution in [2.24, 2.45) is 0 Å². The summed E-state index contributed by atoms with van der Waals surface area (Å²) in [7, 11) is -3.67. The monoisotopic (exact) mass is 315 g/mol. The van der Waals surface area contributed by atoms with Gasteiger partial charge in [-0.3, -0.25) is 4.55 Å². The molecule has 1 unspecified atom stereocenters. The van der Waals surface area contributed by atoms with Crippen LogP contribution in [0.15, 0.2) is 6.20 Å². The molecule has 0 aliphatic rings. The number of hydrogen-bond acceptors (Lipinski definition) is 6. The molecule has 9 nitrogen and oxygen atoms in total. The summed E-state index contributed by atoms with van der Waals surface area (Å²) in [6.07, 6.45) is 1.08. The van der Waals surface area contributed by atoms with Crippen molar-refractivity contribution in [3.05, 3.63) is 22.1 Å². The van der Waals surface area contributed by atoms with Crippen LogP contribution in [0.1, 0.15) is 5.82 Å². The molecule has 1 rings (SSSR count). The fraction of sp³-hybridized carbons (Fsp3) is 0.625. The first-order valence-electron chi connectivity index (χ1n) is 4.89. The minimum absolute atomic E-state index is 0.0365. The maximum atomic E-state index is 10.5. The number of nitro groups is 1. The lowest BCUT2D eigenvalue weighted by atomic mass is 10.4. The molecule has 0 aliphatic heterocycles. The molecule has 0 fully saturated rings. The highest BCUT2D eigenvalue weighted by Gasteiger charge is 2.19. The minimum atomic E-state index is -3.67. The maximum Gasteiger partial charge on any atom is 0.342 e. The number of imidazole rings is 1. The lowest BCUT2D eigenvalue weighted by molar-refractivity contribution is -0.392. The van der Waals surface area contributed by atoms with Gasteiger partial charge in [-0.05, 0) is 4.92 Å². The predicted molar refractivity (Wildman–Crippen MR) is 67.8 cm³/mol. The molecule has 19 heavy (non-hydrogen) atoms. The third kappa shape index (κ3) is 7.72. The Morgan fingerprint density at radius 2 is 2.11 bits per heavy atom. The van der Waals surface area contributed by atoms with E-state index in [1.807, 2.05) is 0 Å². The zero-order valence-electron chi connectivity index (χ0n) is 10.2. The Hall–Kier alpha value is -1.23. The van der Waals surface area contributed by atoms with Crippen LogP contribution in [0.25, 0.3) is 0 Å². The van der Waals surface area contributed by atoms with Gasteiger partial charge in [-0.1, -0.05) is 0 Å². The largest absolute Gasteiger partial charge is 0.388 e. The van der Waals surface area contributed by atoms with Crippen molar-refractivity contribution in [2.45, 2.75) is 19.6 Å². The fourth-order valence-corrected chi connectivity index (χ4v) is 1.18. The van der Waals surface area contributed by atoms with Crippen LogP contribution in [0.4, 0.5) is 5.82 Å². The Bertz CT molecular complexity index is 521. The molecule has 110 valence electrons. The van der Waals surface area contributed by atoms with Crippen molar-refractivity contribution >= 4 is 27.5 Å². The molecule has 1 aromatic heterocycles. The molecule has 11 heteroatoms. The van der Waals surface area contributed by atoms with Crippen LogP contribution in [0.5, 0.6) is 0 Å². The molecular weight excluding hydrogens is 302 g/mol. The number of aliphatic hydroxyl groups is 1. The van der Waals surface area contributed by atoms with Gasteiger partial charge >= 0.3 is 5.82 Å². The number of alkyl halides is 1. The number of halogens is 1. The normalized spacial score (nSPS) is 12.5. The van der Waals surface area contributed by atoms with Gasteiger partial charge in [0.25, 0.3) is 10.1 Å². The summed E-state index contributed by atoms with van der Waals surface area (Å²) in [6, 6.07) is 0. The molecule has 0 amide bonds. The number of nitrogens with zero attached hydrogens (tertiary/aromatic N) is 3. The number of rotatable bonds is 4. The molecule has 0 saturated carbocycles. The fourth-order valence-electron chi connectivity index (χ4n) is 1.09. The first-order chi connectivity index (χ1) is 8.56. The van der Waals surface area contributed by atoms with Gasteiger partial charge in [0.1, 0.15) is 18.8 Å². The zero-order valence-corrected chi connectivity index (χ0v) is 11.8. The summed E-state index contributed by atoms with van der Waals surface area (Å²) >= 11 is 5.40. The number of hydrogen-bond donors (Lipinski definition) is 2. The van der Waals surface area contributed by atoms with Crippen LogP contribution in [-0.2, 0) is 16.7 Å². The van der Waals surface area contributed by atoms with Crippen LogP contribution < -0.4 is 0 Å². The second-order valence-corrected chi connectivity index (χ2v) is 5.35. The lowest BCUT2D eigenvalue weighted by Gasteiger charge is -2.06. The average molecular weight is 316 g/mol. The van der Waals surface area contributed by atoms with Crippen molar-refractivity contribution in [3.63, 3.8) is 0 Å². The quantitative estimate of drug-likeness (QED) is 0.350. The van der Waals surface area contributed by atoms with Crippen LogP contribution >= 0.6 is 11.6 Å². The molecule has 0 saturated heterocycles. The highest BCUT2D eigenvalue weighted by Crippen LogP contribution is 2.14. The summed E-state index contributed by atoms with van der Waals surface area (Å²) in [5, 5.41) is 19.8. The van der Waals surface area contributed by atoms with E-state index in [0.29, 0.717) is 12.1 Å². The van der Waals surface area contributed by atoms with Gasteiger partial charge in [0, 0.05) is 6.92 Å². The topological polar surface area (TPSA) is 136 Å². The third-order valence-electron chi connectivity index (χ3n) is 1.79. The number of aliphatic hydroxyl groups excluding tert-OH is 1. The molecule has 0 spiro atoms. The van der Waals surface area contributed by atoms with Crippen LogP contribution in [0.3, 0.4) is 0 Å². The minimum Gasteiger partial charge on any atom is -0.388 e. The third-order valence-corrected chi connectivity index (χ3v) is 2.15. The summed E-state index contributed by atoms with van der Waals surface area (Å²) in [6.45, 7) is 1.72. The van der Waals surface area contributed by atoms with Crippen LogP contribution in [0, 0.1) is 17.0 Å². The summed E-state index contributed by atoms with van der Waals surface area (Å²) < 4.78 is 27.2. The van der Waals surface area contributed by atoms with Crippen molar-refractivity contribution < 1.29 is 23.0 Å². The average Bonchev–Trinajstić information content (AvgIpc) is 2.58. The second-order valence-electron chi connectivity index (χ2n) is 3.57. The molecule has 0 bridgehead atoms. The van der Waals surface area contributed by atoms with Crippen molar-refractivity contribution in [1.29, 1.82) is 0 Å². The van der Waals surface area contributed by atoms with E-state index in [-0.39, 0.29) is 18.2 Å². The Labute approximate surface area is 114 Å². The van der Waals surface area contributed by atoms with Crippen molar-refractivity contribution in [1.82, 2.24) is 9.55 Å². The van der Waals surface area contributed by atoms with E-state index in [1.165, 1.54) is 4.57 Å². The van der Waals surface area contributed by atoms with Gasteiger partial charge in [0.15, 0.2) is 5.82 Å². The Morgan fingerprint density at radius 3 is 2.47 bits per heavy atom. The molecule has 0 aliphatic carbocycles. The van der Waals surface area contributed by atoms with Gasteiger partial charge in [-0.2, -0.15) is 8.42 Å². The van der Waals surface area contributed by atoms with Crippen molar-refractivity contribution in [2.75, 3.05) is 12.1 Å². The first kappa shape index (κ1) is 17.8. The maximum absolute atomic E-state index is 10.5. The van der Waals surface area contributed by atoms with Gasteiger partial charge in [-0.25, -0.2) is 9.55 Å². The smallest absolute Gasteiger partial charge is 0.342 e. The first-order valence-corrected chi connectivity index (χ1v) is 7.27. The van der Waals surface area contributed by atoms with Crippen LogP contribution in [0.2, 0.25) is 0 Å². The molecule has 1 atom stereocenters. The predicted octanol–water partition coefficient (Wildman–Crippen LogP) is 0.203. The summed E-state index contributed by atoms with van der Waals surface area (Å²) in [5.41, 5.74) is 0. The zero-order chi connectivity index (χ0) is 15.2. The Kier molecular flexibility index (Phi) is 6.90. The number of aromatic nitrogens is 2. The van der Waals surface area contributed by atoms with Gasteiger partial charge in [-0.15, -0.1) is 11.6 Å². The lowest BCUT2D eigenvalue weighted by Crippen LogP contribution is -2.19. The van der Waals surface area contributed by atoms with Crippen molar-refractivity contribution in [3.8, 4) is 0 Å². The van der Waals surface area contributed by atoms with Gasteiger partial charge in [0.05, 0.1) is 12.1 Å². The van der Waals surface area contributed by atoms with E-state index in [0.717, 1.165) is 6.20 Å². The summed E-state index contributed by atoms with van der Waals surface area (Å²) in [5.74, 6) is 0.391. The van der Waals surface area contributed by atoms with E-state index in [4.69, 9.17) is 16.2 Å². The SMILES string of the molecule is CS(=O)(=O)O.Cc1ncc([N+](=O)[O-])n1CC(O)CCl. The molecule has 1 heterocycles. The highest BCUT2D eigenvalue weighted by molar-refractivity contribution is 7.85. The molecule has 2 N–H and O–H groups in total. The van der Waals surface area contributed by atoms with E-state index in [2.05, 4.69) is 4.98 Å².